The second-order valence-electron chi connectivity index (χ2n) is 3.72. The van der Waals surface area contributed by atoms with Crippen molar-refractivity contribution >= 4 is 0 Å². The Hall–Kier alpha value is -0.0800. The molecule has 2 rings (SSSR count). The summed E-state index contributed by atoms with van der Waals surface area (Å²) in [6.45, 7) is 6.26. The van der Waals surface area contributed by atoms with Crippen molar-refractivity contribution < 1.29 is 0 Å². The van der Waals surface area contributed by atoms with Crippen molar-refractivity contribution in [3.63, 3.8) is 0 Å². The lowest BCUT2D eigenvalue weighted by Crippen LogP contribution is -2.50. The molecule has 0 spiro atoms. The molecule has 2 heteroatoms. The summed E-state index contributed by atoms with van der Waals surface area (Å²) in [5.41, 5.74) is 0. The molecule has 2 nitrogen and oxygen atoms in total. The van der Waals surface area contributed by atoms with E-state index in [0.29, 0.717) is 0 Å². The molecule has 2 bridgehead atoms. The van der Waals surface area contributed by atoms with Crippen LogP contribution in [0.1, 0.15) is 13.3 Å². The van der Waals surface area contributed by atoms with E-state index in [1.807, 2.05) is 0 Å². The Balaban J connectivity index is 2.09. The maximum absolute atomic E-state index is 2.58. The van der Waals surface area contributed by atoms with Crippen molar-refractivity contribution in [2.45, 2.75) is 25.4 Å². The quantitative estimate of drug-likeness (QED) is 0.480. The Morgan fingerprint density at radius 2 is 2.10 bits per heavy atom. The number of rotatable bonds is 0. The number of hydrogen-bond donors (Lipinski definition) is 0. The van der Waals surface area contributed by atoms with Crippen LogP contribution >= 0.6 is 0 Å². The van der Waals surface area contributed by atoms with Gasteiger partial charge >= 0.3 is 0 Å². The van der Waals surface area contributed by atoms with Crippen LogP contribution in [0, 0.1) is 0 Å². The fourth-order valence-electron chi connectivity index (χ4n) is 2.17. The molecule has 2 aliphatic heterocycles. The van der Waals surface area contributed by atoms with E-state index in [1.165, 1.54) is 26.1 Å². The van der Waals surface area contributed by atoms with Crippen molar-refractivity contribution in [3.05, 3.63) is 0 Å². The molecule has 2 fully saturated rings. The van der Waals surface area contributed by atoms with E-state index >= 15 is 0 Å². The minimum absolute atomic E-state index is 0.779. The smallest absolute Gasteiger partial charge is 0.0235 e. The van der Waals surface area contributed by atoms with Gasteiger partial charge in [-0.1, -0.05) is 0 Å². The molecule has 0 radical (unpaired) electrons. The van der Waals surface area contributed by atoms with Crippen molar-refractivity contribution in [3.8, 4) is 0 Å². The van der Waals surface area contributed by atoms with E-state index in [0.717, 1.165) is 12.1 Å². The molecule has 3 unspecified atom stereocenters. The molecule has 2 aliphatic rings. The zero-order valence-electron chi connectivity index (χ0n) is 6.88. The lowest BCUT2D eigenvalue weighted by atomic mass is 10.1. The van der Waals surface area contributed by atoms with Gasteiger partial charge in [0.25, 0.3) is 0 Å². The number of nitrogens with zero attached hydrogens (tertiary/aromatic N) is 2. The number of piperazine rings is 1. The number of likely N-dealkylation sites (N-methyl/N-ethyl adjacent to an activating group) is 1. The minimum Gasteiger partial charge on any atom is -0.300 e. The SMILES string of the molecule is CC1CN2CCC(C2)N1C. The monoisotopic (exact) mass is 140 g/mol. The second kappa shape index (κ2) is 2.21. The van der Waals surface area contributed by atoms with Crippen molar-refractivity contribution in [1.82, 2.24) is 9.80 Å². The van der Waals surface area contributed by atoms with Gasteiger partial charge < -0.3 is 4.90 Å². The van der Waals surface area contributed by atoms with Gasteiger partial charge in [0.1, 0.15) is 0 Å². The Bertz CT molecular complexity index is 135. The maximum atomic E-state index is 2.58. The van der Waals surface area contributed by atoms with E-state index in [1.54, 1.807) is 0 Å². The van der Waals surface area contributed by atoms with Crippen LogP contribution in [0.15, 0.2) is 0 Å². The third kappa shape index (κ3) is 0.867. The van der Waals surface area contributed by atoms with Gasteiger partial charge in [-0.25, -0.2) is 0 Å². The molecule has 0 saturated carbocycles. The van der Waals surface area contributed by atoms with Crippen LogP contribution in [0.25, 0.3) is 0 Å². The Morgan fingerprint density at radius 3 is 2.90 bits per heavy atom. The molecule has 2 heterocycles. The average molecular weight is 140 g/mol. The van der Waals surface area contributed by atoms with Gasteiger partial charge in [-0.2, -0.15) is 0 Å². The van der Waals surface area contributed by atoms with Crippen LogP contribution in [0.3, 0.4) is 0 Å². The lowest BCUT2D eigenvalue weighted by molar-refractivity contribution is 0.109. The zero-order valence-corrected chi connectivity index (χ0v) is 6.88. The molecule has 2 saturated heterocycles. The third-order valence-corrected chi connectivity index (χ3v) is 3.04. The van der Waals surface area contributed by atoms with Crippen LogP contribution < -0.4 is 0 Å². The van der Waals surface area contributed by atoms with Gasteiger partial charge in [0.15, 0.2) is 0 Å². The zero-order chi connectivity index (χ0) is 7.14. The van der Waals surface area contributed by atoms with E-state index < -0.39 is 0 Å². The summed E-state index contributed by atoms with van der Waals surface area (Å²) < 4.78 is 0. The first-order chi connectivity index (χ1) is 4.77. The molecule has 0 aromatic rings. The molecule has 0 aliphatic carbocycles. The van der Waals surface area contributed by atoms with Crippen LogP contribution in [0.4, 0.5) is 0 Å². The highest BCUT2D eigenvalue weighted by Gasteiger charge is 2.33. The molecule has 0 amide bonds. The van der Waals surface area contributed by atoms with Crippen LogP contribution in [-0.4, -0.2) is 48.6 Å². The highest BCUT2D eigenvalue weighted by atomic mass is 15.3. The molecule has 0 N–H and O–H groups in total. The summed E-state index contributed by atoms with van der Waals surface area (Å²) in [4.78, 5) is 5.11. The molecular weight excluding hydrogens is 124 g/mol. The van der Waals surface area contributed by atoms with E-state index in [9.17, 15) is 0 Å². The molecule has 58 valence electrons. The summed E-state index contributed by atoms with van der Waals surface area (Å²) in [5, 5.41) is 0. The normalized spacial score (nSPS) is 48.0. The summed E-state index contributed by atoms with van der Waals surface area (Å²) in [6, 6.07) is 1.64. The highest BCUT2D eigenvalue weighted by Crippen LogP contribution is 2.22. The van der Waals surface area contributed by atoms with E-state index in [2.05, 4.69) is 23.8 Å². The summed E-state index contributed by atoms with van der Waals surface area (Å²) >= 11 is 0. The van der Waals surface area contributed by atoms with Gasteiger partial charge in [-0.15, -0.1) is 0 Å². The average Bonchev–Trinajstić information content (AvgIpc) is 2.29. The fraction of sp³-hybridized carbons (Fsp3) is 1.00. The summed E-state index contributed by atoms with van der Waals surface area (Å²) in [6.07, 6.45) is 1.39. The first-order valence-corrected chi connectivity index (χ1v) is 4.21. The molecule has 0 aromatic carbocycles. The Labute approximate surface area is 62.8 Å². The number of hydrogen-bond acceptors (Lipinski definition) is 2. The fourth-order valence-corrected chi connectivity index (χ4v) is 2.17. The topological polar surface area (TPSA) is 6.48 Å². The predicted molar refractivity (Wildman–Crippen MR) is 42.1 cm³/mol. The van der Waals surface area contributed by atoms with Crippen LogP contribution in [-0.2, 0) is 0 Å². The van der Waals surface area contributed by atoms with E-state index in [4.69, 9.17) is 0 Å². The molecular formula is C8H16N2. The largest absolute Gasteiger partial charge is 0.300 e. The highest BCUT2D eigenvalue weighted by molar-refractivity contribution is 4.90. The number of fused-ring (bicyclic) bond motifs is 2. The van der Waals surface area contributed by atoms with E-state index in [-0.39, 0.29) is 0 Å². The van der Waals surface area contributed by atoms with Crippen molar-refractivity contribution in [2.75, 3.05) is 26.7 Å². The minimum atomic E-state index is 0.779. The van der Waals surface area contributed by atoms with Crippen LogP contribution in [0.5, 0.6) is 0 Å². The van der Waals surface area contributed by atoms with Gasteiger partial charge in [0.05, 0.1) is 0 Å². The van der Waals surface area contributed by atoms with Gasteiger partial charge in [-0.3, -0.25) is 4.90 Å². The molecule has 0 aromatic heterocycles. The van der Waals surface area contributed by atoms with Crippen molar-refractivity contribution in [2.24, 2.45) is 0 Å². The van der Waals surface area contributed by atoms with Crippen LogP contribution in [0.2, 0.25) is 0 Å². The van der Waals surface area contributed by atoms with Gasteiger partial charge in [-0.05, 0) is 26.9 Å². The molecule has 10 heavy (non-hydrogen) atoms. The molecule has 3 atom stereocenters. The first kappa shape index (κ1) is 6.62. The third-order valence-electron chi connectivity index (χ3n) is 3.04. The maximum Gasteiger partial charge on any atom is 0.0235 e. The van der Waals surface area contributed by atoms with Crippen molar-refractivity contribution in [1.29, 1.82) is 0 Å². The van der Waals surface area contributed by atoms with Gasteiger partial charge in [0.2, 0.25) is 0 Å². The standard InChI is InChI=1S/C8H16N2/c1-7-5-10-4-3-8(6-10)9(7)2/h7-8H,3-6H2,1-2H3. The predicted octanol–water partition coefficient (Wildman–Crippen LogP) is 0.395. The Morgan fingerprint density at radius 1 is 1.30 bits per heavy atom. The second-order valence-corrected chi connectivity index (χ2v) is 3.72. The lowest BCUT2D eigenvalue weighted by Gasteiger charge is -2.36. The first-order valence-electron chi connectivity index (χ1n) is 4.21. The summed E-state index contributed by atoms with van der Waals surface area (Å²) in [7, 11) is 2.26. The van der Waals surface area contributed by atoms with Gasteiger partial charge in [0, 0.05) is 25.2 Å². The summed E-state index contributed by atoms with van der Waals surface area (Å²) in [5.74, 6) is 0. The Kier molecular flexibility index (Phi) is 1.46.